The molecular weight excluding hydrogens is 252 g/mol. The van der Waals surface area contributed by atoms with Gasteiger partial charge in [-0.2, -0.15) is 0 Å². The Kier molecular flexibility index (Phi) is 3.72. The number of fused-ring (bicyclic) bond motifs is 2. The van der Waals surface area contributed by atoms with Crippen LogP contribution in [0.2, 0.25) is 0 Å². The molecule has 20 heavy (non-hydrogen) atoms. The summed E-state index contributed by atoms with van der Waals surface area (Å²) in [7, 11) is 0. The van der Waals surface area contributed by atoms with Crippen LogP contribution in [-0.2, 0) is 9.63 Å². The van der Waals surface area contributed by atoms with Crippen molar-refractivity contribution in [3.63, 3.8) is 0 Å². The summed E-state index contributed by atoms with van der Waals surface area (Å²) in [4.78, 5) is 16.8. The van der Waals surface area contributed by atoms with E-state index in [2.05, 4.69) is 5.16 Å². The number of nitrogens with two attached hydrogens (primary N) is 1. The minimum Gasteiger partial charge on any atom is -0.380 e. The van der Waals surface area contributed by atoms with Crippen LogP contribution in [0.1, 0.15) is 37.7 Å². The van der Waals surface area contributed by atoms with Gasteiger partial charge in [0.05, 0.1) is 6.42 Å². The molecule has 4 nitrogen and oxygen atoms in total. The van der Waals surface area contributed by atoms with Gasteiger partial charge in [-0.3, -0.25) is 0 Å². The van der Waals surface area contributed by atoms with Crippen molar-refractivity contribution in [2.75, 3.05) is 0 Å². The van der Waals surface area contributed by atoms with Crippen LogP contribution in [0.4, 0.5) is 0 Å². The molecule has 0 spiro atoms. The number of hydrogen-bond donors (Lipinski definition) is 1. The summed E-state index contributed by atoms with van der Waals surface area (Å²) in [5.41, 5.74) is 6.55. The Bertz CT molecular complexity index is 512. The predicted molar refractivity (Wildman–Crippen MR) is 76.8 cm³/mol. The van der Waals surface area contributed by atoms with Crippen molar-refractivity contribution in [1.29, 1.82) is 0 Å². The average molecular weight is 272 g/mol. The second-order valence-corrected chi connectivity index (χ2v) is 5.94. The zero-order chi connectivity index (χ0) is 13.9. The van der Waals surface area contributed by atoms with Gasteiger partial charge in [-0.1, -0.05) is 41.9 Å². The number of oxime groups is 1. The highest BCUT2D eigenvalue weighted by molar-refractivity contribution is 5.97. The van der Waals surface area contributed by atoms with Gasteiger partial charge in [-0.05, 0) is 37.0 Å². The van der Waals surface area contributed by atoms with E-state index in [1.807, 2.05) is 30.3 Å². The molecular formula is C16H20N2O2. The zero-order valence-corrected chi connectivity index (χ0v) is 11.5. The molecule has 0 aromatic heterocycles. The highest BCUT2D eigenvalue weighted by Crippen LogP contribution is 2.49. The molecule has 2 N–H and O–H groups in total. The van der Waals surface area contributed by atoms with E-state index in [1.165, 1.54) is 25.7 Å². The highest BCUT2D eigenvalue weighted by Gasteiger charge is 2.40. The summed E-state index contributed by atoms with van der Waals surface area (Å²) < 4.78 is 0. The van der Waals surface area contributed by atoms with Crippen molar-refractivity contribution >= 4 is 11.8 Å². The van der Waals surface area contributed by atoms with E-state index in [0.717, 1.165) is 17.4 Å². The summed E-state index contributed by atoms with van der Waals surface area (Å²) in [6, 6.07) is 9.31. The van der Waals surface area contributed by atoms with E-state index in [1.54, 1.807) is 0 Å². The van der Waals surface area contributed by atoms with Crippen molar-refractivity contribution in [1.82, 2.24) is 0 Å². The number of benzene rings is 1. The Balaban J connectivity index is 1.52. The predicted octanol–water partition coefficient (Wildman–Crippen LogP) is 2.68. The van der Waals surface area contributed by atoms with E-state index < -0.39 is 0 Å². The van der Waals surface area contributed by atoms with E-state index in [4.69, 9.17) is 10.6 Å². The van der Waals surface area contributed by atoms with Crippen molar-refractivity contribution in [3.05, 3.63) is 35.9 Å². The lowest BCUT2D eigenvalue weighted by molar-refractivity contribution is -0.145. The molecule has 2 saturated carbocycles. The summed E-state index contributed by atoms with van der Waals surface area (Å²) in [6.07, 6.45) is 5.57. The molecule has 2 bridgehead atoms. The number of carbonyl (C=O) groups is 1. The van der Waals surface area contributed by atoms with E-state index in [9.17, 15) is 4.79 Å². The first-order valence-corrected chi connectivity index (χ1v) is 7.31. The molecule has 2 aliphatic rings. The van der Waals surface area contributed by atoms with Gasteiger partial charge in [-0.15, -0.1) is 0 Å². The molecule has 1 aromatic rings. The van der Waals surface area contributed by atoms with E-state index >= 15 is 0 Å². The van der Waals surface area contributed by atoms with Gasteiger partial charge in [0.2, 0.25) is 0 Å². The van der Waals surface area contributed by atoms with Gasteiger partial charge in [-0.25, -0.2) is 4.79 Å². The van der Waals surface area contributed by atoms with Crippen molar-refractivity contribution in [2.24, 2.45) is 28.6 Å². The van der Waals surface area contributed by atoms with Crippen LogP contribution in [0.3, 0.4) is 0 Å². The van der Waals surface area contributed by atoms with Gasteiger partial charge in [0.1, 0.15) is 0 Å². The molecule has 4 heteroatoms. The SMILES string of the molecule is N/C(=N/OC(=O)C[C@H]1C[C@H]2CC[C@H]1C2)c1ccccc1. The maximum Gasteiger partial charge on any atom is 0.335 e. The first kappa shape index (κ1) is 13.2. The maximum atomic E-state index is 11.8. The number of hydrogen-bond acceptors (Lipinski definition) is 3. The minimum absolute atomic E-state index is 0.242. The highest BCUT2D eigenvalue weighted by atomic mass is 16.7. The molecule has 0 aliphatic heterocycles. The van der Waals surface area contributed by atoms with Crippen LogP contribution < -0.4 is 5.73 Å². The zero-order valence-electron chi connectivity index (χ0n) is 11.5. The maximum absolute atomic E-state index is 11.8. The average Bonchev–Trinajstić information content (AvgIpc) is 3.08. The van der Waals surface area contributed by atoms with Gasteiger partial charge in [0.25, 0.3) is 0 Å². The third-order valence-electron chi connectivity index (χ3n) is 4.63. The van der Waals surface area contributed by atoms with Crippen LogP contribution in [0, 0.1) is 17.8 Å². The van der Waals surface area contributed by atoms with Crippen molar-refractivity contribution < 1.29 is 9.63 Å². The largest absolute Gasteiger partial charge is 0.380 e. The molecule has 3 atom stereocenters. The lowest BCUT2D eigenvalue weighted by Gasteiger charge is -2.19. The van der Waals surface area contributed by atoms with E-state index in [0.29, 0.717) is 12.3 Å². The number of carbonyl (C=O) groups excluding carboxylic acids is 1. The monoisotopic (exact) mass is 272 g/mol. The molecule has 0 heterocycles. The second kappa shape index (κ2) is 5.65. The normalized spacial score (nSPS) is 28.6. The van der Waals surface area contributed by atoms with Crippen LogP contribution in [0.15, 0.2) is 35.5 Å². The van der Waals surface area contributed by atoms with Crippen LogP contribution in [0.5, 0.6) is 0 Å². The van der Waals surface area contributed by atoms with Gasteiger partial charge < -0.3 is 10.6 Å². The fourth-order valence-electron chi connectivity index (χ4n) is 3.64. The van der Waals surface area contributed by atoms with Crippen LogP contribution in [-0.4, -0.2) is 11.8 Å². The first-order chi connectivity index (χ1) is 9.72. The Hall–Kier alpha value is -1.84. The Morgan fingerprint density at radius 1 is 1.25 bits per heavy atom. The molecule has 1 aromatic carbocycles. The third kappa shape index (κ3) is 2.84. The summed E-state index contributed by atoms with van der Waals surface area (Å²) in [5, 5.41) is 3.74. The number of rotatable bonds is 4. The molecule has 106 valence electrons. The number of nitrogens with zero attached hydrogens (tertiary/aromatic N) is 1. The van der Waals surface area contributed by atoms with Gasteiger partial charge in [0.15, 0.2) is 5.84 Å². The van der Waals surface area contributed by atoms with Gasteiger partial charge >= 0.3 is 5.97 Å². The third-order valence-corrected chi connectivity index (χ3v) is 4.63. The van der Waals surface area contributed by atoms with Crippen molar-refractivity contribution in [3.8, 4) is 0 Å². The lowest BCUT2D eigenvalue weighted by Crippen LogP contribution is -2.18. The molecule has 0 amide bonds. The summed E-state index contributed by atoms with van der Waals surface area (Å²) in [6.45, 7) is 0. The molecule has 2 fully saturated rings. The Morgan fingerprint density at radius 3 is 2.70 bits per heavy atom. The summed E-state index contributed by atoms with van der Waals surface area (Å²) in [5.74, 6) is 2.04. The Morgan fingerprint density at radius 2 is 2.05 bits per heavy atom. The molecule has 2 aliphatic carbocycles. The fourth-order valence-corrected chi connectivity index (χ4v) is 3.64. The Labute approximate surface area is 119 Å². The topological polar surface area (TPSA) is 64.7 Å². The van der Waals surface area contributed by atoms with Crippen LogP contribution in [0.25, 0.3) is 0 Å². The molecule has 0 saturated heterocycles. The fraction of sp³-hybridized carbons (Fsp3) is 0.500. The van der Waals surface area contributed by atoms with Gasteiger partial charge in [0, 0.05) is 5.56 Å². The molecule has 0 unspecified atom stereocenters. The number of amidine groups is 1. The lowest BCUT2D eigenvalue weighted by atomic mass is 9.86. The molecule has 3 rings (SSSR count). The second-order valence-electron chi connectivity index (χ2n) is 5.94. The molecule has 0 radical (unpaired) electrons. The standard InChI is InChI=1S/C16H20N2O2/c17-16(12-4-2-1-3-5-12)18-20-15(19)10-14-9-11-6-7-13(14)8-11/h1-5,11,13-14H,6-10H2,(H2,17,18)/t11-,13-,14+/m0/s1. The van der Waals surface area contributed by atoms with Crippen LogP contribution >= 0.6 is 0 Å². The summed E-state index contributed by atoms with van der Waals surface area (Å²) >= 11 is 0. The van der Waals surface area contributed by atoms with E-state index in [-0.39, 0.29) is 11.8 Å². The first-order valence-electron chi connectivity index (χ1n) is 7.31. The quantitative estimate of drug-likeness (QED) is 0.396. The minimum atomic E-state index is -0.263. The smallest absolute Gasteiger partial charge is 0.335 e. The van der Waals surface area contributed by atoms with Crippen molar-refractivity contribution in [2.45, 2.75) is 32.1 Å².